The van der Waals surface area contributed by atoms with Crippen LogP contribution >= 0.6 is 11.6 Å². The van der Waals surface area contributed by atoms with E-state index in [1.54, 1.807) is 6.20 Å². The molecular weight excluding hydrogens is 291 g/mol. The predicted octanol–water partition coefficient (Wildman–Crippen LogP) is 3.95. The van der Waals surface area contributed by atoms with E-state index in [0.29, 0.717) is 11.6 Å². The molecule has 0 aliphatic carbocycles. The van der Waals surface area contributed by atoms with Gasteiger partial charge in [0.25, 0.3) is 0 Å². The minimum atomic E-state index is -0.443. The summed E-state index contributed by atoms with van der Waals surface area (Å²) >= 11 is 5.85. The van der Waals surface area contributed by atoms with Crippen LogP contribution in [0.3, 0.4) is 0 Å². The molecule has 3 heterocycles. The molecule has 0 N–H and O–H groups in total. The molecule has 0 radical (unpaired) electrons. The van der Waals surface area contributed by atoms with Crippen molar-refractivity contribution in [2.75, 3.05) is 0 Å². The number of rotatable bonds is 2. The highest BCUT2D eigenvalue weighted by atomic mass is 35.5. The summed E-state index contributed by atoms with van der Waals surface area (Å²) in [5, 5.41) is 5.62. The molecule has 0 bridgehead atoms. The van der Waals surface area contributed by atoms with Crippen LogP contribution in [0, 0.1) is 5.82 Å². The van der Waals surface area contributed by atoms with Crippen molar-refractivity contribution in [3.63, 3.8) is 0 Å². The third-order valence-electron chi connectivity index (χ3n) is 3.37. The van der Waals surface area contributed by atoms with Gasteiger partial charge in [0.2, 0.25) is 0 Å². The average molecular weight is 305 g/mol. The number of aryl methyl sites for hydroxylation is 1. The highest BCUT2D eigenvalue weighted by Crippen LogP contribution is 2.28. The molecule has 0 amide bonds. The van der Waals surface area contributed by atoms with Crippen molar-refractivity contribution < 1.29 is 4.39 Å². The monoisotopic (exact) mass is 304 g/mol. The molecule has 0 spiro atoms. The summed E-state index contributed by atoms with van der Waals surface area (Å²) in [7, 11) is 1.90. The van der Waals surface area contributed by atoms with E-state index in [9.17, 15) is 4.39 Å². The molecule has 0 aliphatic rings. The van der Waals surface area contributed by atoms with Crippen LogP contribution < -0.4 is 0 Å². The van der Waals surface area contributed by atoms with E-state index < -0.39 is 5.82 Å². The first-order chi connectivity index (χ1) is 9.97. The first-order valence-corrected chi connectivity index (χ1v) is 7.00. The topological polar surface area (TPSA) is 43.6 Å². The average Bonchev–Trinajstić information content (AvgIpc) is 2.76. The van der Waals surface area contributed by atoms with E-state index in [1.807, 2.05) is 17.8 Å². The summed E-state index contributed by atoms with van der Waals surface area (Å²) in [6.07, 6.45) is 1.64. The molecule has 3 aromatic rings. The maximum atomic E-state index is 13.9. The Bertz CT molecular complexity index is 826. The van der Waals surface area contributed by atoms with E-state index in [0.717, 1.165) is 16.6 Å². The van der Waals surface area contributed by atoms with Gasteiger partial charge in [-0.25, -0.2) is 9.37 Å². The second kappa shape index (κ2) is 5.07. The van der Waals surface area contributed by atoms with Crippen molar-refractivity contribution in [3.05, 3.63) is 41.1 Å². The molecule has 0 saturated heterocycles. The molecule has 3 aromatic heterocycles. The van der Waals surface area contributed by atoms with E-state index in [2.05, 4.69) is 28.9 Å². The summed E-state index contributed by atoms with van der Waals surface area (Å²) in [4.78, 5) is 8.29. The van der Waals surface area contributed by atoms with Crippen LogP contribution in [0.2, 0.25) is 5.15 Å². The fourth-order valence-electron chi connectivity index (χ4n) is 2.53. The second-order valence-corrected chi connectivity index (χ2v) is 5.60. The lowest BCUT2D eigenvalue weighted by molar-refractivity contribution is 0.625. The Morgan fingerprint density at radius 3 is 2.76 bits per heavy atom. The normalized spacial score (nSPS) is 11.5. The third-order valence-corrected chi connectivity index (χ3v) is 3.58. The van der Waals surface area contributed by atoms with Crippen LogP contribution in [-0.2, 0) is 7.05 Å². The maximum Gasteiger partial charge on any atom is 0.151 e. The number of aromatic nitrogens is 4. The van der Waals surface area contributed by atoms with Gasteiger partial charge < -0.3 is 0 Å². The van der Waals surface area contributed by atoms with Gasteiger partial charge in [-0.3, -0.25) is 9.67 Å². The number of nitrogens with zero attached hydrogens (tertiary/aromatic N) is 4. The third kappa shape index (κ3) is 2.38. The Kier molecular flexibility index (Phi) is 3.37. The van der Waals surface area contributed by atoms with Crippen LogP contribution in [0.25, 0.3) is 22.3 Å². The van der Waals surface area contributed by atoms with Gasteiger partial charge in [-0.1, -0.05) is 25.4 Å². The number of hydrogen-bond donors (Lipinski definition) is 0. The summed E-state index contributed by atoms with van der Waals surface area (Å²) in [5.41, 5.74) is 2.48. The summed E-state index contributed by atoms with van der Waals surface area (Å²) in [6, 6.07) is 4.53. The van der Waals surface area contributed by atoms with Crippen LogP contribution in [0.4, 0.5) is 4.39 Å². The summed E-state index contributed by atoms with van der Waals surface area (Å²) in [5.74, 6) is -0.145. The van der Waals surface area contributed by atoms with Crippen LogP contribution in [0.1, 0.15) is 25.5 Å². The van der Waals surface area contributed by atoms with Gasteiger partial charge in [0.15, 0.2) is 5.82 Å². The lowest BCUT2D eigenvalue weighted by atomic mass is 10.1. The number of hydrogen-bond acceptors (Lipinski definition) is 3. The molecule has 21 heavy (non-hydrogen) atoms. The quantitative estimate of drug-likeness (QED) is 0.673. The van der Waals surface area contributed by atoms with Gasteiger partial charge in [-0.15, -0.1) is 0 Å². The smallest absolute Gasteiger partial charge is 0.151 e. The Hall–Kier alpha value is -2.01. The highest BCUT2D eigenvalue weighted by molar-refractivity contribution is 6.29. The zero-order valence-corrected chi connectivity index (χ0v) is 12.7. The van der Waals surface area contributed by atoms with Gasteiger partial charge >= 0.3 is 0 Å². The molecule has 0 fully saturated rings. The van der Waals surface area contributed by atoms with Crippen molar-refractivity contribution >= 4 is 22.5 Å². The van der Waals surface area contributed by atoms with Gasteiger partial charge in [0, 0.05) is 18.1 Å². The van der Waals surface area contributed by atoms with Crippen LogP contribution in [-0.4, -0.2) is 19.7 Å². The number of pyridine rings is 2. The molecular formula is C15H14ClFN4. The Labute approximate surface area is 126 Å². The number of halogens is 2. The molecule has 0 atom stereocenters. The minimum absolute atomic E-state index is 0.156. The van der Waals surface area contributed by atoms with Crippen molar-refractivity contribution in [1.82, 2.24) is 19.7 Å². The molecule has 108 valence electrons. The zero-order chi connectivity index (χ0) is 15.1. The van der Waals surface area contributed by atoms with E-state index >= 15 is 0 Å². The molecule has 0 unspecified atom stereocenters. The van der Waals surface area contributed by atoms with Crippen molar-refractivity contribution in [3.8, 4) is 11.4 Å². The van der Waals surface area contributed by atoms with Gasteiger partial charge in [-0.05, 0) is 24.1 Å². The standard InChI is InChI=1S/C15H14ClFN4/c1-8(2)15-9-6-11(18-7-12(9)20-21(15)3)14-10(17)4-5-13(16)19-14/h4-8H,1-3H3. The Balaban J connectivity index is 2.25. The van der Waals surface area contributed by atoms with Gasteiger partial charge in [-0.2, -0.15) is 5.10 Å². The lowest BCUT2D eigenvalue weighted by Gasteiger charge is -2.07. The molecule has 6 heteroatoms. The van der Waals surface area contributed by atoms with Gasteiger partial charge in [0.1, 0.15) is 16.4 Å². The lowest BCUT2D eigenvalue weighted by Crippen LogP contribution is -1.99. The van der Waals surface area contributed by atoms with Crippen LogP contribution in [0.5, 0.6) is 0 Å². The SMILES string of the molecule is CC(C)c1c2cc(-c3nc(Cl)ccc3F)ncc2nn1C. The Morgan fingerprint density at radius 1 is 1.29 bits per heavy atom. The summed E-state index contributed by atoms with van der Waals surface area (Å²) in [6.45, 7) is 4.18. The summed E-state index contributed by atoms with van der Waals surface area (Å²) < 4.78 is 15.8. The van der Waals surface area contributed by atoms with E-state index in [1.165, 1.54) is 12.1 Å². The van der Waals surface area contributed by atoms with E-state index in [4.69, 9.17) is 11.6 Å². The second-order valence-electron chi connectivity index (χ2n) is 5.21. The highest BCUT2D eigenvalue weighted by Gasteiger charge is 2.16. The fourth-order valence-corrected chi connectivity index (χ4v) is 2.68. The predicted molar refractivity (Wildman–Crippen MR) is 80.8 cm³/mol. The van der Waals surface area contributed by atoms with Crippen LogP contribution in [0.15, 0.2) is 24.4 Å². The minimum Gasteiger partial charge on any atom is -0.271 e. The molecule has 0 saturated carbocycles. The maximum absolute atomic E-state index is 13.9. The zero-order valence-electron chi connectivity index (χ0n) is 11.9. The van der Waals surface area contributed by atoms with E-state index in [-0.39, 0.29) is 10.8 Å². The first-order valence-electron chi connectivity index (χ1n) is 6.62. The molecule has 3 rings (SSSR count). The Morgan fingerprint density at radius 2 is 2.05 bits per heavy atom. The number of fused-ring (bicyclic) bond motifs is 1. The molecule has 0 aromatic carbocycles. The van der Waals surface area contributed by atoms with Crippen molar-refractivity contribution in [2.45, 2.75) is 19.8 Å². The first kappa shape index (κ1) is 13.9. The molecule has 0 aliphatic heterocycles. The molecule has 4 nitrogen and oxygen atoms in total. The fraction of sp³-hybridized carbons (Fsp3) is 0.267. The van der Waals surface area contributed by atoms with Gasteiger partial charge in [0.05, 0.1) is 11.9 Å². The van der Waals surface area contributed by atoms with Crippen molar-refractivity contribution in [2.24, 2.45) is 7.05 Å². The van der Waals surface area contributed by atoms with Crippen molar-refractivity contribution in [1.29, 1.82) is 0 Å². The largest absolute Gasteiger partial charge is 0.271 e.